The van der Waals surface area contributed by atoms with E-state index in [4.69, 9.17) is 17.0 Å². The summed E-state index contributed by atoms with van der Waals surface area (Å²) in [5.74, 6) is 1.40. The van der Waals surface area contributed by atoms with Gasteiger partial charge in [0.15, 0.2) is 0 Å². The summed E-state index contributed by atoms with van der Waals surface area (Å²) in [5.41, 5.74) is 3.65. The summed E-state index contributed by atoms with van der Waals surface area (Å²) < 4.78 is 2.33. The monoisotopic (exact) mass is 627 g/mol. The van der Waals surface area contributed by atoms with Gasteiger partial charge in [0.05, 0.1) is 5.84 Å². The van der Waals surface area contributed by atoms with E-state index in [2.05, 4.69) is 61.0 Å². The van der Waals surface area contributed by atoms with Gasteiger partial charge in [-0.05, 0) is 19.3 Å². The first-order valence-corrected chi connectivity index (χ1v) is 22.6. The van der Waals surface area contributed by atoms with Crippen LogP contribution in [0, 0.1) is 20.8 Å². The van der Waals surface area contributed by atoms with E-state index in [0.717, 1.165) is 9.82 Å². The molecule has 2 aromatic carbocycles. The molecule has 1 radical (unpaired) electrons. The number of hydrogen-bond donors (Lipinski definition) is 0. The van der Waals surface area contributed by atoms with Gasteiger partial charge in [0.25, 0.3) is 0 Å². The number of nitrogens with zero attached hydrogens (tertiary/aromatic N) is 2. The van der Waals surface area contributed by atoms with Crippen LogP contribution in [0.3, 0.4) is 0 Å². The average molecular weight is 628 g/mol. The maximum absolute atomic E-state index is 6.83. The van der Waals surface area contributed by atoms with Crippen LogP contribution in [0.15, 0.2) is 47.5 Å². The molecule has 2 aliphatic rings. The summed E-state index contributed by atoms with van der Waals surface area (Å²) >= 11 is -3.52. The molecule has 29 heavy (non-hydrogen) atoms. The minimum atomic E-state index is -3.52. The molecule has 2 aromatic rings. The van der Waals surface area contributed by atoms with Gasteiger partial charge in [0.2, 0.25) is 0 Å². The molecule has 0 aromatic heterocycles. The summed E-state index contributed by atoms with van der Waals surface area (Å²) in [5, 5.41) is 0. The quantitative estimate of drug-likeness (QED) is 0.412. The van der Waals surface area contributed by atoms with Crippen LogP contribution >= 0.6 is 17.0 Å². The molecule has 2 aliphatic heterocycles. The Kier molecular flexibility index (Phi) is 8.43. The fraction of sp³-hybridized carbons (Fsp3) is 0.458. The van der Waals surface area contributed by atoms with E-state index < -0.39 is 17.9 Å². The van der Waals surface area contributed by atoms with Gasteiger partial charge in [-0.25, -0.2) is 0 Å². The second-order valence-corrected chi connectivity index (χ2v) is 26.2. The molecule has 1 fully saturated rings. The Bertz CT molecular complexity index is 864. The molecular weight excluding hydrogens is 596 g/mol. The van der Waals surface area contributed by atoms with Gasteiger partial charge in [-0.1, -0.05) is 6.42 Å². The van der Waals surface area contributed by atoms with Crippen molar-refractivity contribution in [3.63, 3.8) is 0 Å². The van der Waals surface area contributed by atoms with E-state index >= 15 is 0 Å². The van der Waals surface area contributed by atoms with E-state index in [1.807, 2.05) is 12.1 Å². The molecule has 2 heterocycles. The van der Waals surface area contributed by atoms with E-state index in [9.17, 15) is 0 Å². The Labute approximate surface area is 187 Å². The second-order valence-electron chi connectivity index (χ2n) is 8.04. The fourth-order valence-corrected chi connectivity index (χ4v) is 17.8. The number of halogens is 2. The SMILES string of the molecule is C1CCC2=NCCCN2CC1.Cc1cc[c]([Bi]([Cl])([Cl])[c]2ccccc2C)c(C)c1. The van der Waals surface area contributed by atoms with Gasteiger partial charge in [0, 0.05) is 26.1 Å². The van der Waals surface area contributed by atoms with Crippen LogP contribution in [-0.2, 0) is 0 Å². The number of fused-ring (bicyclic) bond motifs is 1. The fourth-order valence-electron chi connectivity index (χ4n) is 4.07. The molecule has 0 bridgehead atoms. The van der Waals surface area contributed by atoms with Gasteiger partial charge >= 0.3 is 121 Å². The Hall–Kier alpha value is -0.627. The molecule has 157 valence electrons. The number of rotatable bonds is 2. The molecular formula is C24H32BiCl2N2. The Morgan fingerprint density at radius 1 is 0.828 bits per heavy atom. The summed E-state index contributed by atoms with van der Waals surface area (Å²) in [7, 11) is 13.7. The molecule has 5 heteroatoms. The van der Waals surface area contributed by atoms with Crippen molar-refractivity contribution >= 4 is 47.3 Å². The second kappa shape index (κ2) is 10.6. The molecule has 0 unspecified atom stereocenters. The summed E-state index contributed by atoms with van der Waals surface area (Å²) in [6.07, 6.45) is 6.63. The number of benzene rings is 2. The van der Waals surface area contributed by atoms with Crippen molar-refractivity contribution in [2.24, 2.45) is 4.99 Å². The van der Waals surface area contributed by atoms with Crippen molar-refractivity contribution in [2.75, 3.05) is 19.6 Å². The van der Waals surface area contributed by atoms with E-state index in [-0.39, 0.29) is 0 Å². The van der Waals surface area contributed by atoms with Crippen molar-refractivity contribution in [2.45, 2.75) is 52.9 Å². The van der Waals surface area contributed by atoms with Gasteiger partial charge in [-0.2, -0.15) is 0 Å². The van der Waals surface area contributed by atoms with E-state index in [1.54, 1.807) is 0 Å². The zero-order valence-corrected chi connectivity index (χ0v) is 22.8. The standard InChI is InChI=1S/C9H16N2.C8H9.C7H7.Bi.2ClH/c1-2-5-9-10-6-4-8-11(9)7-3-1;1-7-4-3-5-8(2)6-7;1-7-5-3-2-4-6-7;;;/h1-8H2;3-4,6H,1-2H3;2-5H,1H3;;2*1H/q;;;+2;;/p-2. The maximum atomic E-state index is 6.83. The Morgan fingerprint density at radius 3 is 2.31 bits per heavy atom. The predicted octanol–water partition coefficient (Wildman–Crippen LogP) is 5.31. The molecule has 0 spiro atoms. The summed E-state index contributed by atoms with van der Waals surface area (Å²) in [4.78, 5) is 7.04. The number of aryl methyl sites for hydroxylation is 3. The number of amidine groups is 1. The third-order valence-corrected chi connectivity index (χ3v) is 20.6. The van der Waals surface area contributed by atoms with Crippen LogP contribution in [0.5, 0.6) is 0 Å². The van der Waals surface area contributed by atoms with Crippen molar-refractivity contribution in [1.29, 1.82) is 0 Å². The molecule has 0 aliphatic carbocycles. The first-order chi connectivity index (χ1) is 13.9. The molecule has 0 saturated carbocycles. The third-order valence-electron chi connectivity index (χ3n) is 5.65. The van der Waals surface area contributed by atoms with Crippen LogP contribution in [-0.4, -0.2) is 48.2 Å². The topological polar surface area (TPSA) is 15.6 Å². The zero-order valence-electron chi connectivity index (χ0n) is 17.8. The molecule has 2 nitrogen and oxygen atoms in total. The Balaban J connectivity index is 0.000000186. The first-order valence-electron chi connectivity index (χ1n) is 10.6. The molecule has 0 atom stereocenters. The van der Waals surface area contributed by atoms with E-state index in [1.165, 1.54) is 71.0 Å². The molecule has 0 amide bonds. The van der Waals surface area contributed by atoms with Crippen molar-refractivity contribution in [3.05, 3.63) is 59.2 Å². The van der Waals surface area contributed by atoms with Gasteiger partial charge in [-0.3, -0.25) is 4.99 Å². The van der Waals surface area contributed by atoms with Crippen molar-refractivity contribution in [3.8, 4) is 0 Å². The minimum absolute atomic E-state index is 1.08. The van der Waals surface area contributed by atoms with Crippen molar-refractivity contribution < 1.29 is 0 Å². The zero-order chi connectivity index (χ0) is 20.9. The molecule has 0 N–H and O–H groups in total. The van der Waals surface area contributed by atoms with Gasteiger partial charge < -0.3 is 4.90 Å². The van der Waals surface area contributed by atoms with Crippen LogP contribution in [0.4, 0.5) is 0 Å². The normalized spacial score (nSPS) is 16.9. The van der Waals surface area contributed by atoms with Gasteiger partial charge in [-0.15, -0.1) is 0 Å². The van der Waals surface area contributed by atoms with Gasteiger partial charge in [0.1, 0.15) is 0 Å². The van der Waals surface area contributed by atoms with Crippen molar-refractivity contribution in [1.82, 2.24) is 4.90 Å². The summed E-state index contributed by atoms with van der Waals surface area (Å²) in [6.45, 7) is 9.86. The van der Waals surface area contributed by atoms with Crippen LogP contribution in [0.25, 0.3) is 0 Å². The number of hydrogen-bond acceptors (Lipinski definition) is 2. The summed E-state index contributed by atoms with van der Waals surface area (Å²) in [6, 6.07) is 14.6. The first kappa shape index (κ1) is 23.0. The molecule has 4 rings (SSSR count). The van der Waals surface area contributed by atoms with Crippen LogP contribution in [0.1, 0.15) is 48.8 Å². The van der Waals surface area contributed by atoms with Crippen LogP contribution in [0.2, 0.25) is 0 Å². The number of aliphatic imine (C=N–C) groups is 1. The van der Waals surface area contributed by atoms with E-state index in [0.29, 0.717) is 0 Å². The Morgan fingerprint density at radius 2 is 1.55 bits per heavy atom. The van der Waals surface area contributed by atoms with Crippen LogP contribution < -0.4 is 6.54 Å². The molecule has 1 saturated heterocycles. The predicted molar refractivity (Wildman–Crippen MR) is 131 cm³/mol. The average Bonchev–Trinajstić information content (AvgIpc) is 2.94. The third kappa shape index (κ3) is 5.96.